The van der Waals surface area contributed by atoms with E-state index in [9.17, 15) is 9.90 Å². The van der Waals surface area contributed by atoms with E-state index in [1.807, 2.05) is 26.8 Å². The number of pyridine rings is 1. The molecule has 0 aromatic carbocycles. The van der Waals surface area contributed by atoms with E-state index in [0.717, 1.165) is 5.69 Å². The first-order valence-electron chi connectivity index (χ1n) is 4.37. The van der Waals surface area contributed by atoms with E-state index < -0.39 is 0 Å². The minimum Gasteiger partial charge on any atom is -0.503 e. The second-order valence-corrected chi connectivity index (χ2v) is 3.59. The second kappa shape index (κ2) is 3.24. The fourth-order valence-corrected chi connectivity index (χ4v) is 1.54. The van der Waals surface area contributed by atoms with Crippen LogP contribution in [0.5, 0.6) is 5.75 Å². The normalized spacial score (nSPS) is 10.8. The van der Waals surface area contributed by atoms with E-state index in [2.05, 4.69) is 0 Å². The first-order chi connectivity index (χ1) is 5.95. The minimum atomic E-state index is -0.299. The smallest absolute Gasteiger partial charge is 0.293 e. The Labute approximate surface area is 77.6 Å². The topological polar surface area (TPSA) is 42.2 Å². The van der Waals surface area contributed by atoms with Crippen molar-refractivity contribution < 1.29 is 5.11 Å². The van der Waals surface area contributed by atoms with Gasteiger partial charge in [-0.25, -0.2) is 0 Å². The molecule has 0 aliphatic rings. The van der Waals surface area contributed by atoms with Crippen LogP contribution in [0.4, 0.5) is 0 Å². The average Bonchev–Trinajstić information content (AvgIpc) is 1.99. The molecule has 3 heteroatoms. The molecule has 0 fully saturated rings. The van der Waals surface area contributed by atoms with E-state index in [0.29, 0.717) is 5.56 Å². The minimum absolute atomic E-state index is 0.0824. The average molecular weight is 181 g/mol. The second-order valence-electron chi connectivity index (χ2n) is 3.59. The van der Waals surface area contributed by atoms with Gasteiger partial charge in [-0.2, -0.15) is 0 Å². The van der Waals surface area contributed by atoms with Gasteiger partial charge >= 0.3 is 0 Å². The van der Waals surface area contributed by atoms with Gasteiger partial charge < -0.3 is 9.67 Å². The van der Waals surface area contributed by atoms with E-state index >= 15 is 0 Å². The number of nitrogens with zero attached hydrogens (tertiary/aromatic N) is 1. The maximum absolute atomic E-state index is 11.6. The lowest BCUT2D eigenvalue weighted by Gasteiger charge is -2.14. The van der Waals surface area contributed by atoms with Crippen molar-refractivity contribution in [1.82, 2.24) is 4.57 Å². The number of hydrogen-bond donors (Lipinski definition) is 1. The van der Waals surface area contributed by atoms with Gasteiger partial charge in [0.05, 0.1) is 0 Å². The van der Waals surface area contributed by atoms with Crippen LogP contribution < -0.4 is 5.56 Å². The Hall–Kier alpha value is -1.25. The molecule has 0 bridgehead atoms. The van der Waals surface area contributed by atoms with Gasteiger partial charge in [0.15, 0.2) is 5.75 Å². The van der Waals surface area contributed by atoms with Crippen molar-refractivity contribution in [1.29, 1.82) is 0 Å². The van der Waals surface area contributed by atoms with Crippen molar-refractivity contribution in [2.75, 3.05) is 0 Å². The molecule has 3 nitrogen and oxygen atoms in total. The lowest BCUT2D eigenvalue weighted by Crippen LogP contribution is -2.24. The van der Waals surface area contributed by atoms with Gasteiger partial charge in [-0.05, 0) is 39.3 Å². The molecule has 0 amide bonds. The van der Waals surface area contributed by atoms with Crippen molar-refractivity contribution in [2.45, 2.75) is 33.7 Å². The third kappa shape index (κ3) is 1.59. The summed E-state index contributed by atoms with van der Waals surface area (Å²) < 4.78 is 1.59. The molecule has 0 aliphatic heterocycles. The van der Waals surface area contributed by atoms with Crippen molar-refractivity contribution in [3.8, 4) is 5.75 Å². The van der Waals surface area contributed by atoms with E-state index in [1.165, 1.54) is 0 Å². The predicted octanol–water partition coefficient (Wildman–Crippen LogP) is 1.75. The van der Waals surface area contributed by atoms with Gasteiger partial charge in [0.1, 0.15) is 0 Å². The SMILES string of the molecule is Cc1cc(C)n(C(C)C)c(=O)c1O. The summed E-state index contributed by atoms with van der Waals surface area (Å²) in [5.74, 6) is -0.140. The van der Waals surface area contributed by atoms with E-state index in [4.69, 9.17) is 0 Å². The molecule has 0 atom stereocenters. The molecular formula is C10H15NO2. The Morgan fingerprint density at radius 1 is 1.38 bits per heavy atom. The molecule has 0 spiro atoms. The summed E-state index contributed by atoms with van der Waals surface area (Å²) in [5, 5.41) is 9.43. The van der Waals surface area contributed by atoms with Gasteiger partial charge in [-0.3, -0.25) is 4.79 Å². The molecule has 13 heavy (non-hydrogen) atoms. The molecule has 0 unspecified atom stereocenters. The summed E-state index contributed by atoms with van der Waals surface area (Å²) in [5.41, 5.74) is 1.22. The van der Waals surface area contributed by atoms with Crippen molar-refractivity contribution in [2.24, 2.45) is 0 Å². The fraction of sp³-hybridized carbons (Fsp3) is 0.500. The Balaban J connectivity index is 3.54. The van der Waals surface area contributed by atoms with E-state index in [1.54, 1.807) is 11.5 Å². The van der Waals surface area contributed by atoms with Crippen LogP contribution in [0, 0.1) is 13.8 Å². The van der Waals surface area contributed by atoms with Crippen LogP contribution in [0.25, 0.3) is 0 Å². The predicted molar refractivity (Wildman–Crippen MR) is 52.2 cm³/mol. The number of aryl methyl sites for hydroxylation is 2. The molecule has 0 saturated heterocycles. The van der Waals surface area contributed by atoms with Gasteiger partial charge in [0.2, 0.25) is 0 Å². The molecule has 0 radical (unpaired) electrons. The fourth-order valence-electron chi connectivity index (χ4n) is 1.54. The summed E-state index contributed by atoms with van der Waals surface area (Å²) in [7, 11) is 0. The first-order valence-corrected chi connectivity index (χ1v) is 4.37. The maximum atomic E-state index is 11.6. The zero-order valence-corrected chi connectivity index (χ0v) is 8.46. The molecule has 1 heterocycles. The number of hydrogen-bond acceptors (Lipinski definition) is 2. The van der Waals surface area contributed by atoms with Crippen molar-refractivity contribution >= 4 is 0 Å². The van der Waals surface area contributed by atoms with Crippen LogP contribution >= 0.6 is 0 Å². The maximum Gasteiger partial charge on any atom is 0.293 e. The molecule has 0 aliphatic carbocycles. The zero-order chi connectivity index (χ0) is 10.2. The molecular weight excluding hydrogens is 166 g/mol. The summed E-state index contributed by atoms with van der Waals surface area (Å²) >= 11 is 0. The Bertz CT molecular complexity index is 377. The zero-order valence-electron chi connectivity index (χ0n) is 8.46. The highest BCUT2D eigenvalue weighted by molar-refractivity contribution is 5.30. The van der Waals surface area contributed by atoms with Gasteiger partial charge in [0.25, 0.3) is 5.56 Å². The van der Waals surface area contributed by atoms with Crippen molar-refractivity contribution in [3.05, 3.63) is 27.7 Å². The van der Waals surface area contributed by atoms with Crippen LogP contribution in [0.2, 0.25) is 0 Å². The molecule has 1 aromatic heterocycles. The van der Waals surface area contributed by atoms with Gasteiger partial charge in [-0.1, -0.05) is 0 Å². The van der Waals surface area contributed by atoms with E-state index in [-0.39, 0.29) is 17.4 Å². The van der Waals surface area contributed by atoms with Crippen LogP contribution in [0.3, 0.4) is 0 Å². The quantitative estimate of drug-likeness (QED) is 0.717. The van der Waals surface area contributed by atoms with Gasteiger partial charge in [0, 0.05) is 11.7 Å². The lowest BCUT2D eigenvalue weighted by atomic mass is 10.2. The Morgan fingerprint density at radius 3 is 2.38 bits per heavy atom. The molecule has 1 rings (SSSR count). The summed E-state index contributed by atoms with van der Waals surface area (Å²) in [6.07, 6.45) is 0. The van der Waals surface area contributed by atoms with Crippen LogP contribution in [0.1, 0.15) is 31.1 Å². The number of rotatable bonds is 1. The summed E-state index contributed by atoms with van der Waals surface area (Å²) in [4.78, 5) is 11.6. The monoisotopic (exact) mass is 181 g/mol. The molecule has 72 valence electrons. The first kappa shape index (κ1) is 9.84. The standard InChI is InChI=1S/C10H15NO2/c1-6(2)11-8(4)5-7(3)9(12)10(11)13/h5-6,12H,1-4H3. The Morgan fingerprint density at radius 2 is 1.92 bits per heavy atom. The largest absolute Gasteiger partial charge is 0.503 e. The van der Waals surface area contributed by atoms with Crippen LogP contribution in [0.15, 0.2) is 10.9 Å². The summed E-state index contributed by atoms with van der Waals surface area (Å²) in [6.45, 7) is 7.44. The third-order valence-corrected chi connectivity index (χ3v) is 2.12. The Kier molecular flexibility index (Phi) is 2.45. The van der Waals surface area contributed by atoms with Crippen LogP contribution in [-0.2, 0) is 0 Å². The highest BCUT2D eigenvalue weighted by Gasteiger charge is 2.10. The highest BCUT2D eigenvalue weighted by Crippen LogP contribution is 2.14. The molecule has 1 N–H and O–H groups in total. The number of aromatic nitrogens is 1. The lowest BCUT2D eigenvalue weighted by molar-refractivity contribution is 0.442. The van der Waals surface area contributed by atoms with Gasteiger partial charge in [-0.15, -0.1) is 0 Å². The number of aromatic hydroxyl groups is 1. The highest BCUT2D eigenvalue weighted by atomic mass is 16.3. The van der Waals surface area contributed by atoms with Crippen LogP contribution in [-0.4, -0.2) is 9.67 Å². The third-order valence-electron chi connectivity index (χ3n) is 2.12. The summed E-state index contributed by atoms with van der Waals surface area (Å²) in [6, 6.07) is 1.90. The molecule has 0 saturated carbocycles. The molecule has 1 aromatic rings. The van der Waals surface area contributed by atoms with Crippen molar-refractivity contribution in [3.63, 3.8) is 0 Å².